The van der Waals surface area contributed by atoms with Crippen LogP contribution in [-0.4, -0.2) is 0 Å². The van der Waals surface area contributed by atoms with Gasteiger partial charge in [0.15, 0.2) is 0 Å². The molecule has 2 aromatic rings. The van der Waals surface area contributed by atoms with Crippen molar-refractivity contribution in [3.63, 3.8) is 0 Å². The van der Waals surface area contributed by atoms with Crippen molar-refractivity contribution in [1.29, 1.82) is 0 Å². The van der Waals surface area contributed by atoms with E-state index in [0.29, 0.717) is 10.9 Å². The van der Waals surface area contributed by atoms with Crippen LogP contribution in [0.15, 0.2) is 51.4 Å². The number of halogens is 6. The molecular formula is C15H10Br2ClF3. The second-order valence-electron chi connectivity index (χ2n) is 4.53. The molecule has 1 unspecified atom stereocenters. The fourth-order valence-electron chi connectivity index (χ4n) is 2.03. The molecule has 0 amide bonds. The van der Waals surface area contributed by atoms with Crippen molar-refractivity contribution < 1.29 is 13.2 Å². The Morgan fingerprint density at radius 3 is 2.29 bits per heavy atom. The summed E-state index contributed by atoms with van der Waals surface area (Å²) < 4.78 is 40.6. The molecule has 0 aliphatic rings. The highest BCUT2D eigenvalue weighted by molar-refractivity contribution is 9.10. The summed E-state index contributed by atoms with van der Waals surface area (Å²) in [5.74, 6) is 0. The smallest absolute Gasteiger partial charge is 0.166 e. The standard InChI is InChI=1S/C15H10Br2ClF3/c16-10-3-1-2-9(6-10)7-14(18)12-5-4-11(17)8-13(12)15(19,20)21/h1-6,8,14H,7H2. The Morgan fingerprint density at radius 1 is 1.00 bits per heavy atom. The molecule has 0 nitrogen and oxygen atoms in total. The minimum Gasteiger partial charge on any atom is -0.166 e. The summed E-state index contributed by atoms with van der Waals surface area (Å²) in [4.78, 5) is 0. The highest BCUT2D eigenvalue weighted by Crippen LogP contribution is 2.39. The van der Waals surface area contributed by atoms with Gasteiger partial charge in [0.25, 0.3) is 0 Å². The Kier molecular flexibility index (Phi) is 5.38. The first-order chi connectivity index (χ1) is 9.77. The minimum absolute atomic E-state index is 0.0901. The molecule has 0 N–H and O–H groups in total. The normalized spacial score (nSPS) is 13.2. The van der Waals surface area contributed by atoms with Gasteiger partial charge in [0.05, 0.1) is 10.9 Å². The van der Waals surface area contributed by atoms with Gasteiger partial charge in [0.1, 0.15) is 0 Å². The number of hydrogen-bond donors (Lipinski definition) is 0. The average Bonchev–Trinajstić information content (AvgIpc) is 2.37. The van der Waals surface area contributed by atoms with Gasteiger partial charge in [-0.2, -0.15) is 13.2 Å². The second kappa shape index (κ2) is 6.71. The van der Waals surface area contributed by atoms with Gasteiger partial charge >= 0.3 is 6.18 Å². The zero-order chi connectivity index (χ0) is 15.6. The van der Waals surface area contributed by atoms with E-state index in [9.17, 15) is 13.2 Å². The fraction of sp³-hybridized carbons (Fsp3) is 0.200. The fourth-order valence-corrected chi connectivity index (χ4v) is 3.20. The van der Waals surface area contributed by atoms with Crippen molar-refractivity contribution in [2.75, 3.05) is 0 Å². The summed E-state index contributed by atoms with van der Waals surface area (Å²) in [6.07, 6.45) is -4.10. The van der Waals surface area contributed by atoms with E-state index in [1.807, 2.05) is 24.3 Å². The molecule has 0 fully saturated rings. The van der Waals surface area contributed by atoms with Gasteiger partial charge in [0.2, 0.25) is 0 Å². The Morgan fingerprint density at radius 2 is 1.67 bits per heavy atom. The zero-order valence-corrected chi connectivity index (χ0v) is 14.5. The Bertz CT molecular complexity index is 641. The molecule has 1 atom stereocenters. The van der Waals surface area contributed by atoms with Crippen LogP contribution in [0.25, 0.3) is 0 Å². The van der Waals surface area contributed by atoms with E-state index >= 15 is 0 Å². The van der Waals surface area contributed by atoms with E-state index in [1.165, 1.54) is 6.07 Å². The van der Waals surface area contributed by atoms with E-state index in [4.69, 9.17) is 11.6 Å². The molecule has 0 spiro atoms. The molecule has 0 bridgehead atoms. The number of benzene rings is 2. The number of alkyl halides is 4. The van der Waals surface area contributed by atoms with Crippen LogP contribution in [0.1, 0.15) is 22.1 Å². The topological polar surface area (TPSA) is 0 Å². The molecule has 0 saturated heterocycles. The summed E-state index contributed by atoms with van der Waals surface area (Å²) in [7, 11) is 0. The van der Waals surface area contributed by atoms with E-state index in [0.717, 1.165) is 16.1 Å². The van der Waals surface area contributed by atoms with Crippen LogP contribution in [0, 0.1) is 0 Å². The van der Waals surface area contributed by atoms with Crippen LogP contribution >= 0.6 is 43.5 Å². The van der Waals surface area contributed by atoms with Crippen molar-refractivity contribution in [3.8, 4) is 0 Å². The lowest BCUT2D eigenvalue weighted by Crippen LogP contribution is -2.11. The van der Waals surface area contributed by atoms with Crippen LogP contribution in [0.4, 0.5) is 13.2 Å². The van der Waals surface area contributed by atoms with Gasteiger partial charge in [-0.05, 0) is 41.8 Å². The highest BCUT2D eigenvalue weighted by Gasteiger charge is 2.35. The van der Waals surface area contributed by atoms with Gasteiger partial charge in [-0.1, -0.05) is 50.1 Å². The molecule has 6 heteroatoms. The monoisotopic (exact) mass is 440 g/mol. The lowest BCUT2D eigenvalue weighted by atomic mass is 9.99. The van der Waals surface area contributed by atoms with Crippen LogP contribution in [0.5, 0.6) is 0 Å². The second-order valence-corrected chi connectivity index (χ2v) is 6.89. The zero-order valence-electron chi connectivity index (χ0n) is 10.6. The molecule has 2 rings (SSSR count). The first kappa shape index (κ1) is 16.8. The SMILES string of the molecule is FC(F)(F)c1cc(Br)ccc1C(Cl)Cc1cccc(Br)c1. The Labute approximate surface area is 142 Å². The maximum atomic E-state index is 13.1. The molecule has 112 valence electrons. The molecule has 0 aliphatic carbocycles. The number of hydrogen-bond acceptors (Lipinski definition) is 0. The molecule has 21 heavy (non-hydrogen) atoms. The first-order valence-corrected chi connectivity index (χ1v) is 8.05. The number of rotatable bonds is 3. The predicted octanol–water partition coefficient (Wildman–Crippen LogP) is 6.75. The first-order valence-electron chi connectivity index (χ1n) is 6.02. The van der Waals surface area contributed by atoms with Gasteiger partial charge in [-0.3, -0.25) is 0 Å². The maximum Gasteiger partial charge on any atom is 0.416 e. The summed E-state index contributed by atoms with van der Waals surface area (Å²) in [6.45, 7) is 0. The quantitative estimate of drug-likeness (QED) is 0.461. The van der Waals surface area contributed by atoms with E-state index < -0.39 is 17.1 Å². The predicted molar refractivity (Wildman–Crippen MR) is 85.6 cm³/mol. The van der Waals surface area contributed by atoms with Crippen LogP contribution in [0.3, 0.4) is 0 Å². The van der Waals surface area contributed by atoms with Gasteiger partial charge in [-0.25, -0.2) is 0 Å². The molecular weight excluding hydrogens is 432 g/mol. The summed E-state index contributed by atoms with van der Waals surface area (Å²) in [6, 6.07) is 11.4. The van der Waals surface area contributed by atoms with Gasteiger partial charge < -0.3 is 0 Å². The summed E-state index contributed by atoms with van der Waals surface area (Å²) in [5.41, 5.74) is 0.264. The third kappa shape index (κ3) is 4.47. The largest absolute Gasteiger partial charge is 0.416 e. The lowest BCUT2D eigenvalue weighted by molar-refractivity contribution is -0.138. The molecule has 2 aromatic carbocycles. The van der Waals surface area contributed by atoms with Crippen molar-refractivity contribution >= 4 is 43.5 Å². The maximum absolute atomic E-state index is 13.1. The van der Waals surface area contributed by atoms with Crippen LogP contribution in [-0.2, 0) is 12.6 Å². The van der Waals surface area contributed by atoms with Crippen molar-refractivity contribution in [3.05, 3.63) is 68.1 Å². The minimum atomic E-state index is -4.43. The third-order valence-corrected chi connectivity index (χ3v) is 4.34. The molecule has 0 heterocycles. The summed E-state index contributed by atoms with van der Waals surface area (Å²) in [5, 5.41) is -0.746. The van der Waals surface area contributed by atoms with Crippen molar-refractivity contribution in [2.24, 2.45) is 0 Å². The lowest BCUT2D eigenvalue weighted by Gasteiger charge is -2.17. The Hall–Kier alpha value is -0.520. The molecule has 0 aliphatic heterocycles. The van der Waals surface area contributed by atoms with Gasteiger partial charge in [0, 0.05) is 8.95 Å². The van der Waals surface area contributed by atoms with Crippen LogP contribution in [0.2, 0.25) is 0 Å². The summed E-state index contributed by atoms with van der Waals surface area (Å²) >= 11 is 12.6. The molecule has 0 radical (unpaired) electrons. The highest BCUT2D eigenvalue weighted by atomic mass is 79.9. The average molecular weight is 443 g/mol. The van der Waals surface area contributed by atoms with E-state index in [2.05, 4.69) is 31.9 Å². The molecule has 0 saturated carbocycles. The van der Waals surface area contributed by atoms with Crippen molar-refractivity contribution in [1.82, 2.24) is 0 Å². The molecule has 0 aromatic heterocycles. The van der Waals surface area contributed by atoms with Gasteiger partial charge in [-0.15, -0.1) is 11.6 Å². The third-order valence-electron chi connectivity index (χ3n) is 2.96. The van der Waals surface area contributed by atoms with Crippen LogP contribution < -0.4 is 0 Å². The van der Waals surface area contributed by atoms with E-state index in [-0.39, 0.29) is 5.56 Å². The van der Waals surface area contributed by atoms with E-state index in [1.54, 1.807) is 6.07 Å². The Balaban J connectivity index is 2.33. The van der Waals surface area contributed by atoms with Crippen molar-refractivity contribution in [2.45, 2.75) is 18.0 Å².